The van der Waals surface area contributed by atoms with Crippen LogP contribution in [0.1, 0.15) is 39.5 Å². The molecule has 3 aliphatic heterocycles. The highest BCUT2D eigenvalue weighted by molar-refractivity contribution is 5.87. The van der Waals surface area contributed by atoms with Gasteiger partial charge in [-0.25, -0.2) is 19.2 Å². The fourth-order valence-corrected chi connectivity index (χ4v) is 6.69. The summed E-state index contributed by atoms with van der Waals surface area (Å²) in [4.78, 5) is 49.4. The number of epoxide rings is 1. The van der Waals surface area contributed by atoms with E-state index in [0.717, 1.165) is 6.08 Å². The Kier molecular flexibility index (Phi) is 6.73. The zero-order valence-electron chi connectivity index (χ0n) is 21.3. The Hall–Kier alpha value is -3.02. The highest BCUT2D eigenvalue weighted by Gasteiger charge is 2.83. The average molecular weight is 533 g/mol. The van der Waals surface area contributed by atoms with Crippen molar-refractivity contribution in [1.29, 1.82) is 0 Å². The Morgan fingerprint density at radius 3 is 2.45 bits per heavy atom. The van der Waals surface area contributed by atoms with Crippen LogP contribution in [0.25, 0.3) is 0 Å². The zero-order chi connectivity index (χ0) is 27.3. The number of carbonyl (C=O) groups excluding carboxylic acids is 3. The Morgan fingerprint density at radius 1 is 1.05 bits per heavy atom. The van der Waals surface area contributed by atoms with E-state index >= 15 is 0 Å². The molecule has 2 bridgehead atoms. The molecule has 0 aromatic heterocycles. The standard InChI is InChI=1S/C27H32O11/c1-15-8-10-34-20(28)5-3-4-6-21(29)38-17-12-19-27(14-36-27)25(17,2)26(13-35-24(33)22(15)30)9-7-16(23(31)32)11-18(26)37-19/h3-6,11,15,17-19,22,30H,7-10,12-14H2,1-2H3,(H,31,32)/t15-,17?,18-,19-,22+,25-,26-,27+/m1/s1. The van der Waals surface area contributed by atoms with Crippen molar-refractivity contribution < 1.29 is 53.1 Å². The van der Waals surface area contributed by atoms with Crippen molar-refractivity contribution in [3.05, 3.63) is 36.0 Å². The molecule has 0 amide bonds. The number of carboxylic acids is 1. The van der Waals surface area contributed by atoms with Gasteiger partial charge in [0.25, 0.3) is 0 Å². The fourth-order valence-electron chi connectivity index (χ4n) is 6.69. The highest BCUT2D eigenvalue weighted by Crippen LogP contribution is 2.72. The number of allylic oxidation sites excluding steroid dienone is 2. The Morgan fingerprint density at radius 2 is 1.76 bits per heavy atom. The lowest BCUT2D eigenvalue weighted by molar-refractivity contribution is -0.234. The van der Waals surface area contributed by atoms with Gasteiger partial charge in [0.1, 0.15) is 18.3 Å². The van der Waals surface area contributed by atoms with Gasteiger partial charge in [0.2, 0.25) is 0 Å². The normalized spacial score (nSPS) is 43.2. The van der Waals surface area contributed by atoms with E-state index in [1.807, 2.05) is 6.92 Å². The minimum absolute atomic E-state index is 0.0238. The summed E-state index contributed by atoms with van der Waals surface area (Å²) in [5.41, 5.74) is -2.45. The molecule has 3 heterocycles. The number of hydrogen-bond donors (Lipinski definition) is 2. The zero-order valence-corrected chi connectivity index (χ0v) is 21.3. The van der Waals surface area contributed by atoms with Gasteiger partial charge in [-0.05, 0) is 31.3 Å². The van der Waals surface area contributed by atoms with Crippen LogP contribution in [0, 0.1) is 16.7 Å². The molecule has 1 unspecified atom stereocenters. The summed E-state index contributed by atoms with van der Waals surface area (Å²) in [6.45, 7) is 3.72. The number of aliphatic hydroxyl groups excluding tert-OH is 1. The third kappa shape index (κ3) is 4.07. The summed E-state index contributed by atoms with van der Waals surface area (Å²) < 4.78 is 29.2. The van der Waals surface area contributed by atoms with Gasteiger partial charge in [0.05, 0.1) is 30.8 Å². The molecule has 0 aromatic rings. The largest absolute Gasteiger partial charge is 0.478 e. The number of carbonyl (C=O) groups is 4. The maximum Gasteiger partial charge on any atom is 0.335 e. The van der Waals surface area contributed by atoms with E-state index in [-0.39, 0.29) is 38.0 Å². The number of carboxylic acid groups (broad SMARTS) is 1. The fraction of sp³-hybridized carbons (Fsp3) is 0.630. The maximum atomic E-state index is 13.0. The lowest BCUT2D eigenvalue weighted by Crippen LogP contribution is -2.67. The first kappa shape index (κ1) is 26.6. The van der Waals surface area contributed by atoms with E-state index in [4.69, 9.17) is 23.7 Å². The van der Waals surface area contributed by atoms with Gasteiger partial charge < -0.3 is 33.9 Å². The predicted molar refractivity (Wildman–Crippen MR) is 127 cm³/mol. The van der Waals surface area contributed by atoms with Crippen LogP contribution < -0.4 is 0 Å². The third-order valence-electron chi connectivity index (χ3n) is 9.19. The van der Waals surface area contributed by atoms with Gasteiger partial charge in [-0.3, -0.25) is 0 Å². The lowest BCUT2D eigenvalue weighted by atomic mass is 9.51. The summed E-state index contributed by atoms with van der Waals surface area (Å²) in [5.74, 6) is -3.72. The highest BCUT2D eigenvalue weighted by atomic mass is 16.6. The van der Waals surface area contributed by atoms with Crippen molar-refractivity contribution in [2.75, 3.05) is 19.8 Å². The van der Waals surface area contributed by atoms with Gasteiger partial charge in [0, 0.05) is 29.6 Å². The molecule has 2 N–H and O–H groups in total. The maximum absolute atomic E-state index is 13.0. The molecule has 2 aliphatic carbocycles. The Bertz CT molecular complexity index is 1120. The van der Waals surface area contributed by atoms with E-state index in [1.165, 1.54) is 18.2 Å². The van der Waals surface area contributed by atoms with Crippen LogP contribution in [0.3, 0.4) is 0 Å². The minimum atomic E-state index is -1.47. The number of esters is 3. The number of ether oxygens (including phenoxy) is 5. The molecule has 0 aromatic carbocycles. The molecule has 2 spiro atoms. The van der Waals surface area contributed by atoms with Crippen molar-refractivity contribution >= 4 is 23.9 Å². The van der Waals surface area contributed by atoms with Crippen LogP contribution in [0.2, 0.25) is 0 Å². The quantitative estimate of drug-likeness (QED) is 0.284. The van der Waals surface area contributed by atoms with Gasteiger partial charge in [-0.2, -0.15) is 0 Å². The van der Waals surface area contributed by atoms with Gasteiger partial charge in [-0.15, -0.1) is 0 Å². The second kappa shape index (κ2) is 9.62. The van der Waals surface area contributed by atoms with Crippen molar-refractivity contribution in [2.45, 2.75) is 69.5 Å². The minimum Gasteiger partial charge on any atom is -0.478 e. The van der Waals surface area contributed by atoms with Gasteiger partial charge >= 0.3 is 23.9 Å². The van der Waals surface area contributed by atoms with Crippen LogP contribution in [0.5, 0.6) is 0 Å². The molecule has 0 radical (unpaired) electrons. The second-order valence-corrected chi connectivity index (χ2v) is 10.9. The summed E-state index contributed by atoms with van der Waals surface area (Å²) in [7, 11) is 0. The number of aliphatic hydroxyl groups is 1. The molecule has 3 fully saturated rings. The van der Waals surface area contributed by atoms with Crippen LogP contribution >= 0.6 is 0 Å². The predicted octanol–water partition coefficient (Wildman–Crippen LogP) is 1.24. The van der Waals surface area contributed by atoms with Crippen molar-refractivity contribution in [1.82, 2.24) is 0 Å². The number of rotatable bonds is 1. The summed E-state index contributed by atoms with van der Waals surface area (Å²) in [5, 5.41) is 20.3. The lowest BCUT2D eigenvalue weighted by Gasteiger charge is -2.58. The SMILES string of the molecule is C[C@@H]1CCOC(=O)C=CC=CC(=O)OC2C[C@H]3O[C@@H]4C=C(C(=O)O)CC[C@]4(COC(=O)[C@H]1O)[C@]2(C)[C@]31CO1. The van der Waals surface area contributed by atoms with E-state index in [1.54, 1.807) is 13.0 Å². The molecule has 11 heteroatoms. The second-order valence-electron chi connectivity index (χ2n) is 10.9. The molecule has 1 saturated carbocycles. The van der Waals surface area contributed by atoms with E-state index in [0.29, 0.717) is 13.0 Å². The first-order valence-electron chi connectivity index (χ1n) is 12.8. The van der Waals surface area contributed by atoms with Crippen molar-refractivity contribution in [2.24, 2.45) is 16.7 Å². The first-order chi connectivity index (χ1) is 18.0. The number of hydrogen-bond acceptors (Lipinski definition) is 10. The summed E-state index contributed by atoms with van der Waals surface area (Å²) in [6, 6.07) is 0. The molecular weight excluding hydrogens is 500 g/mol. The van der Waals surface area contributed by atoms with Crippen LogP contribution in [0.15, 0.2) is 36.0 Å². The molecule has 2 saturated heterocycles. The molecular formula is C27H32O11. The van der Waals surface area contributed by atoms with Crippen molar-refractivity contribution in [3.8, 4) is 0 Å². The van der Waals surface area contributed by atoms with Crippen molar-refractivity contribution in [3.63, 3.8) is 0 Å². The monoisotopic (exact) mass is 532 g/mol. The van der Waals surface area contributed by atoms with E-state index < -0.39 is 70.6 Å². The summed E-state index contributed by atoms with van der Waals surface area (Å²) in [6.07, 6.45) is 4.33. The van der Waals surface area contributed by atoms with Gasteiger partial charge in [-0.1, -0.05) is 26.0 Å². The molecule has 206 valence electrons. The van der Waals surface area contributed by atoms with Crippen LogP contribution in [-0.2, 0) is 42.9 Å². The molecule has 38 heavy (non-hydrogen) atoms. The Balaban J connectivity index is 1.54. The molecule has 5 rings (SSSR count). The molecule has 11 nitrogen and oxygen atoms in total. The average Bonchev–Trinajstić information content (AvgIpc) is 3.66. The third-order valence-corrected chi connectivity index (χ3v) is 9.19. The summed E-state index contributed by atoms with van der Waals surface area (Å²) >= 11 is 0. The van der Waals surface area contributed by atoms with E-state index in [9.17, 15) is 29.4 Å². The topological polar surface area (TPSA) is 158 Å². The number of aliphatic carboxylic acids is 1. The number of cyclic esters (lactones) is 2. The first-order valence-corrected chi connectivity index (χ1v) is 12.8. The van der Waals surface area contributed by atoms with E-state index in [2.05, 4.69) is 0 Å². The smallest absolute Gasteiger partial charge is 0.335 e. The van der Waals surface area contributed by atoms with Crippen LogP contribution in [-0.4, -0.2) is 83.9 Å². The van der Waals surface area contributed by atoms with Gasteiger partial charge in [0.15, 0.2) is 6.10 Å². The molecule has 8 atom stereocenters. The van der Waals surface area contributed by atoms with Crippen LogP contribution in [0.4, 0.5) is 0 Å². The Labute approximate surface area is 219 Å². The molecule has 5 aliphatic rings.